The molecule has 0 unspecified atom stereocenters. The second-order valence-electron chi connectivity index (χ2n) is 5.34. The first-order chi connectivity index (χ1) is 10.5. The molecule has 118 valence electrons. The van der Waals surface area contributed by atoms with E-state index in [0.717, 1.165) is 22.3 Å². The van der Waals surface area contributed by atoms with Crippen LogP contribution in [0.2, 0.25) is 0 Å². The molecule has 22 heavy (non-hydrogen) atoms. The monoisotopic (exact) mass is 383 g/mol. The molecule has 0 bridgehead atoms. The number of nitrogens with one attached hydrogen (secondary N) is 1. The Labute approximate surface area is 142 Å². The highest BCUT2D eigenvalue weighted by Gasteiger charge is 2.11. The zero-order chi connectivity index (χ0) is 16.1. The number of hydrogen-bond acceptors (Lipinski definition) is 5. The normalized spacial score (nSPS) is 11.0. The molecule has 1 amide bonds. The van der Waals surface area contributed by atoms with Crippen LogP contribution < -0.4 is 5.32 Å². The van der Waals surface area contributed by atoms with Crippen molar-refractivity contribution < 1.29 is 4.79 Å². The van der Waals surface area contributed by atoms with Crippen LogP contribution in [0, 0.1) is 12.8 Å². The molecule has 2 rings (SSSR count). The Balaban J connectivity index is 1.90. The van der Waals surface area contributed by atoms with Gasteiger partial charge in [0.2, 0.25) is 11.1 Å². The van der Waals surface area contributed by atoms with E-state index in [-0.39, 0.29) is 11.7 Å². The molecule has 0 saturated carbocycles. The van der Waals surface area contributed by atoms with Crippen molar-refractivity contribution in [2.24, 2.45) is 5.92 Å². The SMILES string of the molecule is Cc1cc(NC(=O)CSc2nnnn2CC(C)C)ccc1Br. The van der Waals surface area contributed by atoms with Crippen LogP contribution in [0.25, 0.3) is 0 Å². The molecule has 0 fully saturated rings. The first-order valence-corrected chi connectivity index (χ1v) is 8.68. The Morgan fingerprint density at radius 2 is 2.23 bits per heavy atom. The molecule has 1 heterocycles. The van der Waals surface area contributed by atoms with Crippen LogP contribution in [0.5, 0.6) is 0 Å². The molecule has 1 N–H and O–H groups in total. The minimum Gasteiger partial charge on any atom is -0.325 e. The number of amides is 1. The number of anilines is 1. The summed E-state index contributed by atoms with van der Waals surface area (Å²) in [5.74, 6) is 0.640. The van der Waals surface area contributed by atoms with E-state index in [0.29, 0.717) is 11.1 Å². The molecule has 0 spiro atoms. The van der Waals surface area contributed by atoms with E-state index in [2.05, 4.69) is 50.6 Å². The molecule has 0 radical (unpaired) electrons. The lowest BCUT2D eigenvalue weighted by Crippen LogP contribution is -2.15. The Hall–Kier alpha value is -1.41. The summed E-state index contributed by atoms with van der Waals surface area (Å²) in [5.41, 5.74) is 1.86. The summed E-state index contributed by atoms with van der Waals surface area (Å²) in [7, 11) is 0. The molecular formula is C14H18BrN5OS. The fourth-order valence-corrected chi connectivity index (χ4v) is 2.74. The van der Waals surface area contributed by atoms with Gasteiger partial charge in [-0.25, -0.2) is 4.68 Å². The summed E-state index contributed by atoms with van der Waals surface area (Å²) in [6.07, 6.45) is 0. The summed E-state index contributed by atoms with van der Waals surface area (Å²) in [6.45, 7) is 6.91. The summed E-state index contributed by atoms with van der Waals surface area (Å²) >= 11 is 4.77. The number of hydrogen-bond donors (Lipinski definition) is 1. The molecule has 0 aliphatic rings. The highest BCUT2D eigenvalue weighted by Crippen LogP contribution is 2.21. The maximum Gasteiger partial charge on any atom is 0.234 e. The van der Waals surface area contributed by atoms with E-state index in [1.54, 1.807) is 4.68 Å². The lowest BCUT2D eigenvalue weighted by Gasteiger charge is -2.08. The minimum absolute atomic E-state index is 0.0779. The Morgan fingerprint density at radius 1 is 1.45 bits per heavy atom. The highest BCUT2D eigenvalue weighted by molar-refractivity contribution is 9.10. The van der Waals surface area contributed by atoms with Gasteiger partial charge in [0.05, 0.1) is 5.75 Å². The van der Waals surface area contributed by atoms with Crippen LogP contribution in [0.1, 0.15) is 19.4 Å². The number of carbonyl (C=O) groups is 1. The predicted molar refractivity (Wildman–Crippen MR) is 90.9 cm³/mol. The van der Waals surface area contributed by atoms with Crippen molar-refractivity contribution in [3.63, 3.8) is 0 Å². The van der Waals surface area contributed by atoms with E-state index < -0.39 is 0 Å². The third-order valence-electron chi connectivity index (χ3n) is 2.81. The van der Waals surface area contributed by atoms with Gasteiger partial charge in [0.15, 0.2) is 0 Å². The molecule has 1 aromatic carbocycles. The fourth-order valence-electron chi connectivity index (χ4n) is 1.81. The quantitative estimate of drug-likeness (QED) is 0.775. The van der Waals surface area contributed by atoms with E-state index in [9.17, 15) is 4.79 Å². The van der Waals surface area contributed by atoms with Gasteiger partial charge in [-0.2, -0.15) is 0 Å². The third kappa shape index (κ3) is 4.81. The third-order valence-corrected chi connectivity index (χ3v) is 4.66. The summed E-state index contributed by atoms with van der Waals surface area (Å²) in [4.78, 5) is 12.0. The molecule has 0 saturated heterocycles. The second-order valence-corrected chi connectivity index (χ2v) is 7.14. The number of tetrazole rings is 1. The number of nitrogens with zero attached hydrogens (tertiary/aromatic N) is 4. The van der Waals surface area contributed by atoms with Crippen molar-refractivity contribution >= 4 is 39.3 Å². The summed E-state index contributed by atoms with van der Waals surface area (Å²) < 4.78 is 2.75. The Bertz CT molecular complexity index is 658. The van der Waals surface area contributed by atoms with Crippen LogP contribution in [-0.4, -0.2) is 31.9 Å². The number of aromatic nitrogens is 4. The van der Waals surface area contributed by atoms with Gasteiger partial charge in [-0.1, -0.05) is 41.5 Å². The van der Waals surface area contributed by atoms with Crippen LogP contribution >= 0.6 is 27.7 Å². The van der Waals surface area contributed by atoms with Gasteiger partial charge in [-0.15, -0.1) is 5.10 Å². The van der Waals surface area contributed by atoms with Gasteiger partial charge < -0.3 is 5.32 Å². The zero-order valence-electron chi connectivity index (χ0n) is 12.7. The largest absolute Gasteiger partial charge is 0.325 e. The summed E-state index contributed by atoms with van der Waals surface area (Å²) in [5, 5.41) is 15.1. The van der Waals surface area contributed by atoms with Crippen molar-refractivity contribution in [3.8, 4) is 0 Å². The standard InChI is InChI=1S/C14H18BrN5OS/c1-9(2)7-20-14(17-18-19-20)22-8-13(21)16-11-4-5-12(15)10(3)6-11/h4-6,9H,7-8H2,1-3H3,(H,16,21). The molecule has 8 heteroatoms. The van der Waals surface area contributed by atoms with Crippen molar-refractivity contribution in [2.75, 3.05) is 11.1 Å². The van der Waals surface area contributed by atoms with E-state index in [4.69, 9.17) is 0 Å². The van der Waals surface area contributed by atoms with Crippen LogP contribution in [0.3, 0.4) is 0 Å². The van der Waals surface area contributed by atoms with Crippen molar-refractivity contribution in [1.29, 1.82) is 0 Å². The van der Waals surface area contributed by atoms with Gasteiger partial charge in [-0.05, 0) is 47.0 Å². The Kier molecular flexibility index (Phi) is 5.96. The highest BCUT2D eigenvalue weighted by atomic mass is 79.9. The number of carbonyl (C=O) groups excluding carboxylic acids is 1. The maximum atomic E-state index is 12.0. The average molecular weight is 384 g/mol. The predicted octanol–water partition coefficient (Wildman–Crippen LogP) is 3.13. The minimum atomic E-state index is -0.0779. The van der Waals surface area contributed by atoms with Crippen molar-refractivity contribution in [3.05, 3.63) is 28.2 Å². The van der Waals surface area contributed by atoms with Crippen LogP contribution in [-0.2, 0) is 11.3 Å². The fraction of sp³-hybridized carbons (Fsp3) is 0.429. The van der Waals surface area contributed by atoms with Gasteiger partial charge >= 0.3 is 0 Å². The van der Waals surface area contributed by atoms with Crippen molar-refractivity contribution in [1.82, 2.24) is 20.2 Å². The molecule has 0 aliphatic heterocycles. The smallest absolute Gasteiger partial charge is 0.234 e. The van der Waals surface area contributed by atoms with Crippen LogP contribution in [0.4, 0.5) is 5.69 Å². The zero-order valence-corrected chi connectivity index (χ0v) is 15.1. The Morgan fingerprint density at radius 3 is 2.91 bits per heavy atom. The first kappa shape index (κ1) is 17.0. The topological polar surface area (TPSA) is 72.7 Å². The molecular weight excluding hydrogens is 366 g/mol. The number of aryl methyl sites for hydroxylation is 1. The van der Waals surface area contributed by atoms with E-state index >= 15 is 0 Å². The molecule has 6 nitrogen and oxygen atoms in total. The number of rotatable bonds is 6. The van der Waals surface area contributed by atoms with Gasteiger partial charge in [-0.3, -0.25) is 4.79 Å². The number of benzene rings is 1. The maximum absolute atomic E-state index is 12.0. The molecule has 1 aromatic heterocycles. The molecule has 0 atom stereocenters. The second kappa shape index (κ2) is 7.73. The van der Waals surface area contributed by atoms with Gasteiger partial charge in [0, 0.05) is 16.7 Å². The number of halogens is 1. The van der Waals surface area contributed by atoms with Gasteiger partial charge in [0.25, 0.3) is 0 Å². The van der Waals surface area contributed by atoms with E-state index in [1.807, 2.05) is 25.1 Å². The average Bonchev–Trinajstić information content (AvgIpc) is 2.87. The molecule has 0 aliphatic carbocycles. The summed E-state index contributed by atoms with van der Waals surface area (Å²) in [6, 6.07) is 5.71. The van der Waals surface area contributed by atoms with E-state index in [1.165, 1.54) is 11.8 Å². The lowest BCUT2D eigenvalue weighted by atomic mass is 10.2. The first-order valence-electron chi connectivity index (χ1n) is 6.90. The van der Waals surface area contributed by atoms with Gasteiger partial charge in [0.1, 0.15) is 0 Å². The number of thioether (sulfide) groups is 1. The lowest BCUT2D eigenvalue weighted by molar-refractivity contribution is -0.113. The molecule has 2 aromatic rings. The van der Waals surface area contributed by atoms with Crippen LogP contribution in [0.15, 0.2) is 27.8 Å². The van der Waals surface area contributed by atoms with Crippen molar-refractivity contribution in [2.45, 2.75) is 32.5 Å².